The third-order valence-corrected chi connectivity index (χ3v) is 4.12. The van der Waals surface area contributed by atoms with Crippen LogP contribution in [0.2, 0.25) is 0 Å². The fourth-order valence-corrected chi connectivity index (χ4v) is 3.07. The van der Waals surface area contributed by atoms with E-state index in [0.717, 1.165) is 25.5 Å². The number of nitrogens with one attached hydrogen (secondary N) is 1. The lowest BCUT2D eigenvalue weighted by Crippen LogP contribution is -2.21. The summed E-state index contributed by atoms with van der Waals surface area (Å²) in [5.41, 5.74) is 3.01. The second-order valence-corrected chi connectivity index (χ2v) is 5.43. The average Bonchev–Trinajstić information content (AvgIpc) is 2.93. The summed E-state index contributed by atoms with van der Waals surface area (Å²) in [6.45, 7) is 4.81. The van der Waals surface area contributed by atoms with Gasteiger partial charge in [0.25, 0.3) is 0 Å². The van der Waals surface area contributed by atoms with Crippen molar-refractivity contribution in [2.45, 2.75) is 45.2 Å². The lowest BCUT2D eigenvalue weighted by atomic mass is 9.83. The van der Waals surface area contributed by atoms with Gasteiger partial charge in [-0.25, -0.2) is 9.67 Å². The van der Waals surface area contributed by atoms with Crippen LogP contribution in [-0.4, -0.2) is 21.3 Å². The number of hydrogen-bond acceptors (Lipinski definition) is 3. The molecule has 3 rings (SSSR count). The van der Waals surface area contributed by atoms with Gasteiger partial charge in [-0.1, -0.05) is 31.2 Å². The fourth-order valence-electron chi connectivity index (χ4n) is 3.07. The summed E-state index contributed by atoms with van der Waals surface area (Å²) in [4.78, 5) is 4.36. The highest BCUT2D eigenvalue weighted by atomic mass is 15.3. The van der Waals surface area contributed by atoms with E-state index in [-0.39, 0.29) is 0 Å². The molecular weight excluding hydrogens is 248 g/mol. The van der Waals surface area contributed by atoms with Gasteiger partial charge < -0.3 is 5.32 Å². The Balaban J connectivity index is 1.77. The molecule has 1 atom stereocenters. The molecule has 0 bridgehead atoms. The highest BCUT2D eigenvalue weighted by molar-refractivity contribution is 5.32. The number of aromatic nitrogens is 3. The minimum Gasteiger partial charge on any atom is -0.310 e. The molecule has 1 aliphatic carbocycles. The average molecular weight is 270 g/mol. The second-order valence-electron chi connectivity index (χ2n) is 5.43. The first-order valence-corrected chi connectivity index (χ1v) is 7.53. The molecule has 0 aliphatic heterocycles. The molecule has 0 radical (unpaired) electrons. The monoisotopic (exact) mass is 270 g/mol. The number of benzene rings is 1. The molecule has 1 unspecified atom stereocenters. The van der Waals surface area contributed by atoms with Gasteiger partial charge in [-0.2, -0.15) is 5.10 Å². The Labute approximate surface area is 120 Å². The number of hydrogen-bond donors (Lipinski definition) is 1. The summed E-state index contributed by atoms with van der Waals surface area (Å²) < 4.78 is 2.06. The Bertz CT molecular complexity index is 561. The van der Waals surface area contributed by atoms with Crippen LogP contribution in [0.4, 0.5) is 0 Å². The van der Waals surface area contributed by atoms with Crippen molar-refractivity contribution >= 4 is 0 Å². The van der Waals surface area contributed by atoms with E-state index >= 15 is 0 Å². The zero-order valence-corrected chi connectivity index (χ0v) is 12.0. The molecule has 0 spiro atoms. The second kappa shape index (κ2) is 6.18. The Hall–Kier alpha value is -1.68. The first-order valence-electron chi connectivity index (χ1n) is 7.53. The molecule has 1 aromatic heterocycles. The van der Waals surface area contributed by atoms with Crippen molar-refractivity contribution in [3.63, 3.8) is 0 Å². The predicted octanol–water partition coefficient (Wildman–Crippen LogP) is 2.51. The van der Waals surface area contributed by atoms with Gasteiger partial charge in [-0.05, 0) is 36.9 Å². The summed E-state index contributed by atoms with van der Waals surface area (Å²) in [6.07, 6.45) is 5.41. The van der Waals surface area contributed by atoms with Crippen molar-refractivity contribution in [1.82, 2.24) is 20.1 Å². The molecule has 0 saturated carbocycles. The summed E-state index contributed by atoms with van der Waals surface area (Å²) in [5.74, 6) is 1.61. The quantitative estimate of drug-likeness (QED) is 0.907. The third kappa shape index (κ3) is 2.75. The van der Waals surface area contributed by atoms with Crippen LogP contribution in [-0.2, 0) is 19.5 Å². The van der Waals surface area contributed by atoms with Crippen molar-refractivity contribution < 1.29 is 0 Å². The van der Waals surface area contributed by atoms with Crippen LogP contribution in [0.15, 0.2) is 30.6 Å². The molecule has 0 saturated heterocycles. The number of rotatable bonds is 5. The van der Waals surface area contributed by atoms with E-state index in [1.165, 1.54) is 30.4 Å². The number of nitrogens with zero attached hydrogens (tertiary/aromatic N) is 3. The van der Waals surface area contributed by atoms with E-state index in [4.69, 9.17) is 0 Å². The maximum Gasteiger partial charge on any atom is 0.140 e. The SMILES string of the molecule is CCNCc1ncnn1CC1CCCc2ccccc21. The molecule has 1 heterocycles. The Morgan fingerprint density at radius 3 is 3.15 bits per heavy atom. The van der Waals surface area contributed by atoms with Gasteiger partial charge in [0.2, 0.25) is 0 Å². The molecule has 0 amide bonds. The van der Waals surface area contributed by atoms with E-state index in [0.29, 0.717) is 5.92 Å². The normalized spacial score (nSPS) is 17.9. The zero-order chi connectivity index (χ0) is 13.8. The molecule has 1 aromatic carbocycles. The van der Waals surface area contributed by atoms with E-state index in [1.54, 1.807) is 6.33 Å². The summed E-state index contributed by atoms with van der Waals surface area (Å²) in [6, 6.07) is 8.84. The predicted molar refractivity (Wildman–Crippen MR) is 79.5 cm³/mol. The van der Waals surface area contributed by atoms with Crippen LogP contribution in [0.5, 0.6) is 0 Å². The Morgan fingerprint density at radius 1 is 1.35 bits per heavy atom. The maximum atomic E-state index is 4.40. The van der Waals surface area contributed by atoms with E-state index < -0.39 is 0 Å². The minimum atomic E-state index is 0.571. The molecule has 1 aliphatic rings. The zero-order valence-electron chi connectivity index (χ0n) is 12.0. The smallest absolute Gasteiger partial charge is 0.140 e. The minimum absolute atomic E-state index is 0.571. The molecular formula is C16H22N4. The molecule has 4 heteroatoms. The summed E-state index contributed by atoms with van der Waals surface area (Å²) >= 11 is 0. The molecule has 4 nitrogen and oxygen atoms in total. The topological polar surface area (TPSA) is 42.7 Å². The molecule has 1 N–H and O–H groups in total. The van der Waals surface area contributed by atoms with Crippen LogP contribution in [0.1, 0.15) is 42.6 Å². The van der Waals surface area contributed by atoms with Gasteiger partial charge in [-0.3, -0.25) is 0 Å². The highest BCUT2D eigenvalue weighted by Crippen LogP contribution is 2.32. The van der Waals surface area contributed by atoms with Crippen LogP contribution in [0, 0.1) is 0 Å². The van der Waals surface area contributed by atoms with Gasteiger partial charge in [-0.15, -0.1) is 0 Å². The van der Waals surface area contributed by atoms with E-state index in [9.17, 15) is 0 Å². The first kappa shape index (κ1) is 13.3. The molecule has 0 fully saturated rings. The van der Waals surface area contributed by atoms with Crippen LogP contribution < -0.4 is 5.32 Å². The number of aryl methyl sites for hydroxylation is 1. The highest BCUT2D eigenvalue weighted by Gasteiger charge is 2.21. The Kier molecular flexibility index (Phi) is 4.11. The van der Waals surface area contributed by atoms with Crippen molar-refractivity contribution in [3.05, 3.63) is 47.5 Å². The maximum absolute atomic E-state index is 4.40. The standard InChI is InChI=1S/C16H22N4/c1-2-17-10-16-18-12-19-20(16)11-14-8-5-7-13-6-3-4-9-15(13)14/h3-4,6,9,12,14,17H,2,5,7-8,10-11H2,1H3. The van der Waals surface area contributed by atoms with Crippen LogP contribution >= 0.6 is 0 Å². The van der Waals surface area contributed by atoms with Gasteiger partial charge in [0, 0.05) is 12.5 Å². The van der Waals surface area contributed by atoms with Crippen molar-refractivity contribution in [3.8, 4) is 0 Å². The van der Waals surface area contributed by atoms with Crippen molar-refractivity contribution in [1.29, 1.82) is 0 Å². The van der Waals surface area contributed by atoms with Crippen LogP contribution in [0.3, 0.4) is 0 Å². The molecule has 20 heavy (non-hydrogen) atoms. The van der Waals surface area contributed by atoms with Gasteiger partial charge >= 0.3 is 0 Å². The van der Waals surface area contributed by atoms with Gasteiger partial charge in [0.15, 0.2) is 0 Å². The molecule has 106 valence electrons. The van der Waals surface area contributed by atoms with E-state index in [1.807, 2.05) is 0 Å². The fraction of sp³-hybridized carbons (Fsp3) is 0.500. The van der Waals surface area contributed by atoms with Crippen molar-refractivity contribution in [2.75, 3.05) is 6.54 Å². The summed E-state index contributed by atoms with van der Waals surface area (Å²) in [5, 5.41) is 7.73. The third-order valence-electron chi connectivity index (χ3n) is 4.12. The van der Waals surface area contributed by atoms with Gasteiger partial charge in [0.1, 0.15) is 12.2 Å². The number of fused-ring (bicyclic) bond motifs is 1. The first-order chi connectivity index (χ1) is 9.88. The van der Waals surface area contributed by atoms with Gasteiger partial charge in [0.05, 0.1) is 6.54 Å². The lowest BCUT2D eigenvalue weighted by Gasteiger charge is -2.25. The summed E-state index contributed by atoms with van der Waals surface area (Å²) in [7, 11) is 0. The largest absolute Gasteiger partial charge is 0.310 e. The van der Waals surface area contributed by atoms with E-state index in [2.05, 4.69) is 51.3 Å². The lowest BCUT2D eigenvalue weighted by molar-refractivity contribution is 0.441. The van der Waals surface area contributed by atoms with Crippen molar-refractivity contribution in [2.24, 2.45) is 0 Å². The van der Waals surface area contributed by atoms with Crippen LogP contribution in [0.25, 0.3) is 0 Å². The Morgan fingerprint density at radius 2 is 2.25 bits per heavy atom. The molecule has 2 aromatic rings.